The van der Waals surface area contributed by atoms with E-state index in [1.807, 2.05) is 27.7 Å². The number of hydrogen-bond acceptors (Lipinski definition) is 6. The van der Waals surface area contributed by atoms with Crippen LogP contribution in [0.5, 0.6) is 0 Å². The molecule has 2 heterocycles. The average molecular weight is 420 g/mol. The number of aromatic nitrogens is 2. The highest BCUT2D eigenvalue weighted by atomic mass is 32.1. The zero-order valence-corrected chi connectivity index (χ0v) is 18.6. The van der Waals surface area contributed by atoms with Crippen molar-refractivity contribution in [3.63, 3.8) is 0 Å². The molecule has 0 aliphatic heterocycles. The fourth-order valence-corrected chi connectivity index (χ4v) is 4.46. The highest BCUT2D eigenvalue weighted by Gasteiger charge is 2.30. The summed E-state index contributed by atoms with van der Waals surface area (Å²) in [7, 11) is 0. The SMILES string of the molecule is CCCCn1c(=O)n(C2CC2)c(=O)c2c(C)c(C=NCC(=O)OC(C)(C)C)sc21. The molecule has 0 radical (unpaired) electrons. The Labute approximate surface area is 174 Å². The van der Waals surface area contributed by atoms with Gasteiger partial charge < -0.3 is 4.74 Å². The van der Waals surface area contributed by atoms with Gasteiger partial charge in [-0.05, 0) is 52.5 Å². The molecular formula is C21H29N3O4S. The highest BCUT2D eigenvalue weighted by molar-refractivity contribution is 7.20. The normalized spacial score (nSPS) is 14.8. The number of rotatable bonds is 7. The largest absolute Gasteiger partial charge is 0.459 e. The van der Waals surface area contributed by atoms with Gasteiger partial charge in [0.1, 0.15) is 17.0 Å². The van der Waals surface area contributed by atoms with Crippen LogP contribution in [0.15, 0.2) is 14.6 Å². The predicted molar refractivity (Wildman–Crippen MR) is 117 cm³/mol. The number of hydrogen-bond donors (Lipinski definition) is 0. The fourth-order valence-electron chi connectivity index (χ4n) is 3.25. The second-order valence-electron chi connectivity index (χ2n) is 8.52. The van der Waals surface area contributed by atoms with Gasteiger partial charge in [-0.2, -0.15) is 0 Å². The molecule has 29 heavy (non-hydrogen) atoms. The standard InChI is InChI=1S/C21H29N3O4S/c1-6-7-10-23-19-17(18(26)24(20(23)27)14-8-9-14)13(2)15(29-19)11-22-12-16(25)28-21(3,4)5/h11,14H,6-10,12H2,1-5H3. The number of ether oxygens (including phenoxy) is 1. The van der Waals surface area contributed by atoms with E-state index in [1.165, 1.54) is 15.9 Å². The molecule has 0 saturated heterocycles. The van der Waals surface area contributed by atoms with Gasteiger partial charge in [-0.15, -0.1) is 11.3 Å². The molecule has 0 spiro atoms. The molecule has 0 atom stereocenters. The van der Waals surface area contributed by atoms with Crippen molar-refractivity contribution in [3.8, 4) is 0 Å². The van der Waals surface area contributed by atoms with Crippen LogP contribution in [0.3, 0.4) is 0 Å². The summed E-state index contributed by atoms with van der Waals surface area (Å²) in [4.78, 5) is 43.6. The molecule has 0 bridgehead atoms. The lowest BCUT2D eigenvalue weighted by Gasteiger charge is -2.18. The van der Waals surface area contributed by atoms with Gasteiger partial charge in [-0.25, -0.2) is 4.79 Å². The number of fused-ring (bicyclic) bond motifs is 1. The molecule has 7 nitrogen and oxygen atoms in total. The van der Waals surface area contributed by atoms with E-state index in [0.29, 0.717) is 16.8 Å². The quantitative estimate of drug-likeness (QED) is 0.508. The van der Waals surface area contributed by atoms with Crippen molar-refractivity contribution in [1.29, 1.82) is 0 Å². The van der Waals surface area contributed by atoms with Gasteiger partial charge in [0.2, 0.25) is 0 Å². The first kappa shape index (κ1) is 21.5. The minimum absolute atomic E-state index is 0.0239. The Morgan fingerprint density at radius 3 is 2.59 bits per heavy atom. The van der Waals surface area contributed by atoms with Crippen LogP contribution in [0, 0.1) is 6.92 Å². The van der Waals surface area contributed by atoms with Gasteiger partial charge in [-0.3, -0.25) is 23.7 Å². The lowest BCUT2D eigenvalue weighted by atomic mass is 10.2. The molecule has 0 unspecified atom stereocenters. The van der Waals surface area contributed by atoms with E-state index >= 15 is 0 Å². The van der Waals surface area contributed by atoms with Crippen molar-refractivity contribution in [3.05, 3.63) is 31.3 Å². The first-order valence-corrected chi connectivity index (χ1v) is 11.0. The summed E-state index contributed by atoms with van der Waals surface area (Å²) in [5, 5.41) is 0.594. The van der Waals surface area contributed by atoms with E-state index in [0.717, 1.165) is 36.1 Å². The first-order chi connectivity index (χ1) is 13.6. The Morgan fingerprint density at radius 2 is 2.00 bits per heavy atom. The topological polar surface area (TPSA) is 82.7 Å². The zero-order chi connectivity index (χ0) is 21.3. The molecule has 0 N–H and O–H groups in total. The molecule has 0 aromatic carbocycles. The molecule has 1 saturated carbocycles. The average Bonchev–Trinajstić information content (AvgIpc) is 3.38. The van der Waals surface area contributed by atoms with E-state index in [4.69, 9.17) is 4.74 Å². The van der Waals surface area contributed by atoms with Crippen LogP contribution in [-0.2, 0) is 16.1 Å². The molecule has 2 aromatic rings. The lowest BCUT2D eigenvalue weighted by Crippen LogP contribution is -2.39. The van der Waals surface area contributed by atoms with Crippen LogP contribution in [0.1, 0.15) is 69.9 Å². The van der Waals surface area contributed by atoms with Gasteiger partial charge in [0.15, 0.2) is 0 Å². The van der Waals surface area contributed by atoms with Crippen molar-refractivity contribution >= 4 is 33.7 Å². The summed E-state index contributed by atoms with van der Waals surface area (Å²) in [6.45, 7) is 9.89. The number of nitrogens with zero attached hydrogens (tertiary/aromatic N) is 3. The predicted octanol–water partition coefficient (Wildman–Crippen LogP) is 3.43. The van der Waals surface area contributed by atoms with Gasteiger partial charge in [0.25, 0.3) is 5.56 Å². The summed E-state index contributed by atoms with van der Waals surface area (Å²) >= 11 is 1.38. The summed E-state index contributed by atoms with van der Waals surface area (Å²) in [6, 6.07) is 0.0239. The van der Waals surface area contributed by atoms with Crippen molar-refractivity contribution < 1.29 is 9.53 Å². The summed E-state index contributed by atoms with van der Waals surface area (Å²) in [5.41, 5.74) is -0.163. The molecule has 2 aromatic heterocycles. The molecular weight excluding hydrogens is 390 g/mol. The van der Waals surface area contributed by atoms with Crippen LogP contribution in [0.25, 0.3) is 10.2 Å². The smallest absolute Gasteiger partial charge is 0.332 e. The van der Waals surface area contributed by atoms with E-state index in [-0.39, 0.29) is 23.8 Å². The lowest BCUT2D eigenvalue weighted by molar-refractivity contribution is -0.152. The van der Waals surface area contributed by atoms with Crippen molar-refractivity contribution in [2.75, 3.05) is 6.54 Å². The number of aliphatic imine (C=N–C) groups is 1. The van der Waals surface area contributed by atoms with Gasteiger partial charge in [-0.1, -0.05) is 13.3 Å². The Kier molecular flexibility index (Phi) is 6.12. The minimum atomic E-state index is -0.552. The van der Waals surface area contributed by atoms with Gasteiger partial charge in [0, 0.05) is 18.8 Å². The van der Waals surface area contributed by atoms with Gasteiger partial charge >= 0.3 is 11.7 Å². The summed E-state index contributed by atoms with van der Waals surface area (Å²) in [5.74, 6) is -0.400. The van der Waals surface area contributed by atoms with Crippen LogP contribution >= 0.6 is 11.3 Å². The number of unbranched alkanes of at least 4 members (excludes halogenated alkanes) is 1. The van der Waals surface area contributed by atoms with Crippen LogP contribution in [0.4, 0.5) is 0 Å². The Bertz CT molecular complexity index is 1060. The van der Waals surface area contributed by atoms with E-state index < -0.39 is 11.6 Å². The number of carbonyl (C=O) groups is 1. The fraction of sp³-hybridized carbons (Fsp3) is 0.619. The first-order valence-electron chi connectivity index (χ1n) is 10.1. The monoisotopic (exact) mass is 419 g/mol. The highest BCUT2D eigenvalue weighted by Crippen LogP contribution is 2.34. The third-order valence-electron chi connectivity index (χ3n) is 4.78. The number of esters is 1. The third kappa shape index (κ3) is 4.69. The van der Waals surface area contributed by atoms with E-state index in [9.17, 15) is 14.4 Å². The van der Waals surface area contributed by atoms with Crippen molar-refractivity contribution in [1.82, 2.24) is 9.13 Å². The van der Waals surface area contributed by atoms with Crippen molar-refractivity contribution in [2.24, 2.45) is 4.99 Å². The molecule has 158 valence electrons. The second-order valence-corrected chi connectivity index (χ2v) is 9.55. The van der Waals surface area contributed by atoms with Crippen molar-refractivity contribution in [2.45, 2.75) is 78.5 Å². The Hall–Kier alpha value is -2.22. The molecule has 1 aliphatic carbocycles. The van der Waals surface area contributed by atoms with Crippen LogP contribution in [-0.4, -0.2) is 33.5 Å². The number of carbonyl (C=O) groups excluding carboxylic acids is 1. The molecule has 1 aliphatic rings. The van der Waals surface area contributed by atoms with Crippen LogP contribution in [0.2, 0.25) is 0 Å². The maximum Gasteiger partial charge on any atom is 0.332 e. The second kappa shape index (κ2) is 8.26. The van der Waals surface area contributed by atoms with Crippen LogP contribution < -0.4 is 11.2 Å². The molecule has 8 heteroatoms. The maximum absolute atomic E-state index is 13.1. The summed E-state index contributed by atoms with van der Waals surface area (Å²) in [6.07, 6.45) is 5.20. The molecule has 3 rings (SSSR count). The maximum atomic E-state index is 13.1. The van der Waals surface area contributed by atoms with Gasteiger partial charge in [0.05, 0.1) is 10.3 Å². The minimum Gasteiger partial charge on any atom is -0.459 e. The molecule has 0 amide bonds. The number of aryl methyl sites for hydroxylation is 2. The Balaban J connectivity index is 2.00. The Morgan fingerprint density at radius 1 is 1.31 bits per heavy atom. The van der Waals surface area contributed by atoms with E-state index in [1.54, 1.807) is 10.8 Å². The number of thiophene rings is 1. The molecule has 1 fully saturated rings. The third-order valence-corrected chi connectivity index (χ3v) is 6.03. The summed E-state index contributed by atoms with van der Waals surface area (Å²) < 4.78 is 8.43. The van der Waals surface area contributed by atoms with E-state index in [2.05, 4.69) is 11.9 Å². The zero-order valence-electron chi connectivity index (χ0n) is 17.8.